The molecule has 1 aromatic rings. The van der Waals surface area contributed by atoms with Gasteiger partial charge in [-0.05, 0) is 32.0 Å². The highest BCUT2D eigenvalue weighted by Crippen LogP contribution is 2.15. The molecule has 0 spiro atoms. The first-order valence-corrected chi connectivity index (χ1v) is 7.45. The quantitative estimate of drug-likeness (QED) is 0.896. The van der Waals surface area contributed by atoms with Gasteiger partial charge in [0, 0.05) is 48.8 Å². The van der Waals surface area contributed by atoms with Crippen LogP contribution in [0.5, 0.6) is 0 Å². The fourth-order valence-corrected chi connectivity index (χ4v) is 2.63. The number of rotatable bonds is 4. The van der Waals surface area contributed by atoms with Crippen molar-refractivity contribution in [2.24, 2.45) is 0 Å². The van der Waals surface area contributed by atoms with Crippen molar-refractivity contribution in [3.8, 4) is 0 Å². The zero-order valence-electron chi connectivity index (χ0n) is 12.0. The first-order valence-electron chi connectivity index (χ1n) is 7.07. The first-order chi connectivity index (χ1) is 9.54. The van der Waals surface area contributed by atoms with Gasteiger partial charge < -0.3 is 10.6 Å². The van der Waals surface area contributed by atoms with Crippen LogP contribution in [-0.4, -0.2) is 42.5 Å². The van der Waals surface area contributed by atoms with Gasteiger partial charge in [0.15, 0.2) is 0 Å². The van der Waals surface area contributed by atoms with E-state index in [4.69, 9.17) is 11.6 Å². The van der Waals surface area contributed by atoms with Crippen LogP contribution >= 0.6 is 11.6 Å². The van der Waals surface area contributed by atoms with Crippen molar-refractivity contribution >= 4 is 23.2 Å². The van der Waals surface area contributed by atoms with Crippen molar-refractivity contribution in [2.45, 2.75) is 32.4 Å². The van der Waals surface area contributed by atoms with Crippen molar-refractivity contribution in [3.63, 3.8) is 0 Å². The van der Waals surface area contributed by atoms with Crippen LogP contribution in [0.1, 0.15) is 20.3 Å². The summed E-state index contributed by atoms with van der Waals surface area (Å²) in [6, 6.07) is 8.19. The number of nitrogens with zero attached hydrogens (tertiary/aromatic N) is 1. The van der Waals surface area contributed by atoms with Crippen LogP contribution in [0.2, 0.25) is 5.02 Å². The Hall–Kier alpha value is -1.10. The van der Waals surface area contributed by atoms with Gasteiger partial charge in [0.25, 0.3) is 0 Å². The predicted octanol–water partition coefficient (Wildman–Crippen LogP) is 2.35. The summed E-state index contributed by atoms with van der Waals surface area (Å²) >= 11 is 5.90. The Morgan fingerprint density at radius 2 is 2.30 bits per heavy atom. The standard InChI is InChI=1S/C15H22ClN3O/c1-11-10-19(12(2)9-17-11)7-6-15(20)18-14-5-3-4-13(16)8-14/h3-5,8,11-12,17H,6-7,9-10H2,1-2H3,(H,18,20). The van der Waals surface area contributed by atoms with E-state index in [9.17, 15) is 4.79 Å². The number of hydrogen-bond acceptors (Lipinski definition) is 3. The minimum atomic E-state index is 0.0330. The number of anilines is 1. The summed E-state index contributed by atoms with van der Waals surface area (Å²) < 4.78 is 0. The number of carbonyl (C=O) groups is 1. The van der Waals surface area contributed by atoms with Crippen LogP contribution in [0.25, 0.3) is 0 Å². The zero-order valence-corrected chi connectivity index (χ0v) is 12.8. The summed E-state index contributed by atoms with van der Waals surface area (Å²) in [6.45, 7) is 7.13. The molecule has 2 rings (SSSR count). The maximum Gasteiger partial charge on any atom is 0.225 e. The molecule has 4 nitrogen and oxygen atoms in total. The van der Waals surface area contributed by atoms with Gasteiger partial charge in [-0.1, -0.05) is 17.7 Å². The summed E-state index contributed by atoms with van der Waals surface area (Å²) in [5.74, 6) is 0.0330. The van der Waals surface area contributed by atoms with Crippen LogP contribution in [0.3, 0.4) is 0 Å². The molecule has 1 saturated heterocycles. The van der Waals surface area contributed by atoms with Gasteiger partial charge in [-0.3, -0.25) is 9.69 Å². The van der Waals surface area contributed by atoms with E-state index < -0.39 is 0 Å². The SMILES string of the molecule is CC1CN(CCC(=O)Nc2cccc(Cl)c2)C(C)CN1. The molecule has 1 fully saturated rings. The monoisotopic (exact) mass is 295 g/mol. The highest BCUT2D eigenvalue weighted by atomic mass is 35.5. The average molecular weight is 296 g/mol. The highest BCUT2D eigenvalue weighted by molar-refractivity contribution is 6.30. The molecule has 1 amide bonds. The summed E-state index contributed by atoms with van der Waals surface area (Å²) in [5.41, 5.74) is 0.754. The summed E-state index contributed by atoms with van der Waals surface area (Å²) in [6.07, 6.45) is 0.504. The van der Waals surface area contributed by atoms with Crippen LogP contribution in [0.15, 0.2) is 24.3 Å². The third-order valence-corrected chi connectivity index (χ3v) is 3.86. The van der Waals surface area contributed by atoms with Gasteiger partial charge >= 0.3 is 0 Å². The maximum atomic E-state index is 12.0. The molecule has 1 aliphatic rings. The Balaban J connectivity index is 1.80. The summed E-state index contributed by atoms with van der Waals surface area (Å²) in [5, 5.41) is 6.95. The van der Waals surface area contributed by atoms with E-state index in [0.717, 1.165) is 25.3 Å². The normalized spacial score (nSPS) is 23.6. The number of nitrogens with one attached hydrogen (secondary N) is 2. The molecule has 0 radical (unpaired) electrons. The minimum Gasteiger partial charge on any atom is -0.326 e. The molecule has 1 heterocycles. The molecular formula is C15H22ClN3O. The Bertz CT molecular complexity index is 466. The lowest BCUT2D eigenvalue weighted by atomic mass is 10.1. The van der Waals surface area contributed by atoms with Gasteiger partial charge in [0.05, 0.1) is 0 Å². The Morgan fingerprint density at radius 1 is 1.50 bits per heavy atom. The highest BCUT2D eigenvalue weighted by Gasteiger charge is 2.22. The van der Waals surface area contributed by atoms with Gasteiger partial charge in [-0.25, -0.2) is 0 Å². The van der Waals surface area contributed by atoms with Crippen LogP contribution in [0.4, 0.5) is 5.69 Å². The largest absolute Gasteiger partial charge is 0.326 e. The second-order valence-corrected chi connectivity index (χ2v) is 5.90. The Labute approximate surface area is 125 Å². The molecule has 110 valence electrons. The second kappa shape index (κ2) is 7.07. The molecule has 0 aromatic heterocycles. The first kappa shape index (κ1) is 15.3. The van der Waals surface area contributed by atoms with E-state index >= 15 is 0 Å². The molecule has 0 bridgehead atoms. The second-order valence-electron chi connectivity index (χ2n) is 5.46. The zero-order chi connectivity index (χ0) is 14.5. The summed E-state index contributed by atoms with van der Waals surface area (Å²) in [7, 11) is 0. The van der Waals surface area contributed by atoms with Crippen molar-refractivity contribution < 1.29 is 4.79 Å². The van der Waals surface area contributed by atoms with Crippen LogP contribution in [-0.2, 0) is 4.79 Å². The van der Waals surface area contributed by atoms with E-state index in [2.05, 4.69) is 29.4 Å². The van der Waals surface area contributed by atoms with E-state index in [-0.39, 0.29) is 5.91 Å². The van der Waals surface area contributed by atoms with Crippen LogP contribution < -0.4 is 10.6 Å². The van der Waals surface area contributed by atoms with Gasteiger partial charge in [-0.15, -0.1) is 0 Å². The number of carbonyl (C=O) groups excluding carboxylic acids is 1. The Kier molecular flexibility index (Phi) is 5.40. The molecule has 5 heteroatoms. The number of amides is 1. The van der Waals surface area contributed by atoms with E-state index in [1.54, 1.807) is 12.1 Å². The molecule has 1 aliphatic heterocycles. The third kappa shape index (κ3) is 4.47. The number of hydrogen-bond donors (Lipinski definition) is 2. The van der Waals surface area contributed by atoms with E-state index in [1.165, 1.54) is 0 Å². The molecular weight excluding hydrogens is 274 g/mol. The number of piperazine rings is 1. The molecule has 0 aliphatic carbocycles. The predicted molar refractivity (Wildman–Crippen MR) is 83.2 cm³/mol. The number of benzene rings is 1. The van der Waals surface area contributed by atoms with Crippen molar-refractivity contribution in [1.82, 2.24) is 10.2 Å². The lowest BCUT2D eigenvalue weighted by Gasteiger charge is -2.37. The fraction of sp³-hybridized carbons (Fsp3) is 0.533. The smallest absolute Gasteiger partial charge is 0.225 e. The lowest BCUT2D eigenvalue weighted by Crippen LogP contribution is -2.54. The van der Waals surface area contributed by atoms with Crippen molar-refractivity contribution in [3.05, 3.63) is 29.3 Å². The maximum absolute atomic E-state index is 12.0. The molecule has 2 atom stereocenters. The topological polar surface area (TPSA) is 44.4 Å². The van der Waals surface area contributed by atoms with Gasteiger partial charge in [0.1, 0.15) is 0 Å². The minimum absolute atomic E-state index is 0.0330. The van der Waals surface area contributed by atoms with E-state index in [0.29, 0.717) is 23.5 Å². The average Bonchev–Trinajstić information content (AvgIpc) is 2.40. The molecule has 2 N–H and O–H groups in total. The van der Waals surface area contributed by atoms with Crippen LogP contribution in [0, 0.1) is 0 Å². The molecule has 2 unspecified atom stereocenters. The Morgan fingerprint density at radius 3 is 3.05 bits per heavy atom. The van der Waals surface area contributed by atoms with Crippen molar-refractivity contribution in [1.29, 1.82) is 0 Å². The molecule has 0 saturated carbocycles. The van der Waals surface area contributed by atoms with Gasteiger partial charge in [-0.2, -0.15) is 0 Å². The lowest BCUT2D eigenvalue weighted by molar-refractivity contribution is -0.116. The van der Waals surface area contributed by atoms with Crippen molar-refractivity contribution in [2.75, 3.05) is 25.0 Å². The third-order valence-electron chi connectivity index (χ3n) is 3.63. The number of halogens is 1. The summed E-state index contributed by atoms with van der Waals surface area (Å²) in [4.78, 5) is 14.3. The van der Waals surface area contributed by atoms with E-state index in [1.807, 2.05) is 12.1 Å². The van der Waals surface area contributed by atoms with Gasteiger partial charge in [0.2, 0.25) is 5.91 Å². The fourth-order valence-electron chi connectivity index (χ4n) is 2.44. The molecule has 20 heavy (non-hydrogen) atoms. The molecule has 1 aromatic carbocycles.